The zero-order valence-corrected chi connectivity index (χ0v) is 41.6. The van der Waals surface area contributed by atoms with Crippen molar-refractivity contribution in [3.63, 3.8) is 0 Å². The van der Waals surface area contributed by atoms with Gasteiger partial charge in [0.2, 0.25) is 12.6 Å². The predicted molar refractivity (Wildman–Crippen MR) is 244 cm³/mol. The van der Waals surface area contributed by atoms with Crippen molar-refractivity contribution in [3.05, 3.63) is 79.5 Å². The van der Waals surface area contributed by atoms with Gasteiger partial charge in [-0.25, -0.2) is 9.97 Å². The van der Waals surface area contributed by atoms with E-state index < -0.39 is 35.3 Å². The number of aromatic nitrogens is 4. The molecule has 2 atom stereocenters. The lowest BCUT2D eigenvalue weighted by atomic mass is 9.97. The minimum absolute atomic E-state index is 0.136. The number of benzene rings is 2. The first-order chi connectivity index (χ1) is 28.4. The molecule has 17 heteroatoms. The fourth-order valence-corrected chi connectivity index (χ4v) is 9.41. The highest BCUT2D eigenvalue weighted by molar-refractivity contribution is 7.99. The van der Waals surface area contributed by atoms with Crippen molar-refractivity contribution in [3.8, 4) is 0 Å². The molecule has 2 aromatic heterocycles. The van der Waals surface area contributed by atoms with Gasteiger partial charge in [0, 0.05) is 42.7 Å². The maximum Gasteiger partial charge on any atom is 0.313 e. The van der Waals surface area contributed by atoms with Gasteiger partial charge in [0.15, 0.2) is 0 Å². The second kappa shape index (κ2) is 22.4. The second-order valence-electron chi connectivity index (χ2n) is 17.2. The summed E-state index contributed by atoms with van der Waals surface area (Å²) in [4.78, 5) is 37.9. The van der Waals surface area contributed by atoms with E-state index in [4.69, 9.17) is 80.1 Å². The Hall–Kier alpha value is -2.46. The summed E-state index contributed by atoms with van der Waals surface area (Å²) in [5, 5.41) is 3.94. The van der Waals surface area contributed by atoms with E-state index in [1.54, 1.807) is 53.7 Å². The van der Waals surface area contributed by atoms with Gasteiger partial charge in [-0.2, -0.15) is 0 Å². The minimum atomic E-state index is -1.11. The molecule has 11 nitrogen and oxygen atoms in total. The van der Waals surface area contributed by atoms with E-state index >= 15 is 0 Å². The number of hydrogen-bond acceptors (Lipinski definition) is 11. The van der Waals surface area contributed by atoms with Gasteiger partial charge >= 0.3 is 11.9 Å². The van der Waals surface area contributed by atoms with Crippen LogP contribution in [0, 0.1) is 24.7 Å². The molecule has 0 saturated heterocycles. The van der Waals surface area contributed by atoms with E-state index in [-0.39, 0.29) is 51.4 Å². The zero-order chi connectivity index (χ0) is 45.4. The fraction of sp³-hybridized carbons (Fsp3) is 0.545. The second-order valence-corrected chi connectivity index (χ2v) is 21.1. The Morgan fingerprint density at radius 1 is 0.607 bits per heavy atom. The normalized spacial score (nSPS) is 13.3. The number of nitrogens with zero attached hydrogens (tertiary/aromatic N) is 4. The van der Waals surface area contributed by atoms with Crippen LogP contribution in [0.2, 0.25) is 20.1 Å². The number of hydrogen-bond donors (Lipinski definition) is 0. The van der Waals surface area contributed by atoms with Gasteiger partial charge in [-0.05, 0) is 104 Å². The Bertz CT molecular complexity index is 1940. The molecule has 4 aromatic rings. The molecule has 0 amide bonds. The largest absolute Gasteiger partial charge is 0.435 e. The molecule has 0 saturated carbocycles. The molecule has 336 valence electrons. The average molecular weight is 961 g/mol. The molecule has 0 fully saturated rings. The third-order valence-corrected chi connectivity index (χ3v) is 12.0. The highest BCUT2D eigenvalue weighted by Gasteiger charge is 2.32. The number of carbonyl (C=O) groups excluding carboxylic acids is 2. The van der Waals surface area contributed by atoms with Crippen LogP contribution >= 0.6 is 69.9 Å². The molecule has 2 heterocycles. The summed E-state index contributed by atoms with van der Waals surface area (Å²) in [5.74, 6) is 0.850. The van der Waals surface area contributed by atoms with Gasteiger partial charge in [-0.15, -0.1) is 0 Å². The van der Waals surface area contributed by atoms with Crippen molar-refractivity contribution in [2.45, 2.75) is 154 Å². The average Bonchev–Trinajstić information content (AvgIpc) is 3.60. The van der Waals surface area contributed by atoms with Gasteiger partial charge in [0.1, 0.15) is 35.2 Å². The summed E-state index contributed by atoms with van der Waals surface area (Å²) in [5.41, 5.74) is 0.169. The van der Waals surface area contributed by atoms with Gasteiger partial charge in [-0.1, -0.05) is 97.6 Å². The molecule has 0 aliphatic rings. The van der Waals surface area contributed by atoms with Crippen molar-refractivity contribution in [1.82, 2.24) is 19.1 Å². The molecular formula is C44H58Cl4N4O7S2. The molecule has 0 aliphatic carbocycles. The molecule has 0 spiro atoms. The van der Waals surface area contributed by atoms with E-state index in [0.29, 0.717) is 20.1 Å². The monoisotopic (exact) mass is 958 g/mol. The zero-order valence-electron chi connectivity index (χ0n) is 37.0. The van der Waals surface area contributed by atoms with Crippen LogP contribution in [0.5, 0.6) is 0 Å². The van der Waals surface area contributed by atoms with Crippen molar-refractivity contribution in [1.29, 1.82) is 0 Å². The molecule has 0 aliphatic heterocycles. The van der Waals surface area contributed by atoms with Gasteiger partial charge in [0.25, 0.3) is 0 Å². The smallest absolute Gasteiger partial charge is 0.313 e. The number of carbonyl (C=O) groups is 2. The molecule has 0 radical (unpaired) electrons. The summed E-state index contributed by atoms with van der Waals surface area (Å²) in [6.07, 6.45) is -1.94. The van der Waals surface area contributed by atoms with Crippen molar-refractivity contribution in [2.75, 3.05) is 13.2 Å². The van der Waals surface area contributed by atoms with Crippen LogP contribution in [0.1, 0.15) is 117 Å². The van der Waals surface area contributed by atoms with E-state index in [2.05, 4.69) is 27.7 Å². The Morgan fingerprint density at radius 2 is 0.934 bits per heavy atom. The predicted octanol–water partition coefficient (Wildman–Crippen LogP) is 13.1. The van der Waals surface area contributed by atoms with Crippen molar-refractivity contribution >= 4 is 81.9 Å². The third kappa shape index (κ3) is 15.3. The molecular weight excluding hydrogens is 902 g/mol. The maximum atomic E-state index is 13.2. The first kappa shape index (κ1) is 51.2. The maximum absolute atomic E-state index is 13.2. The molecule has 0 N–H and O–H groups in total. The van der Waals surface area contributed by atoms with Gasteiger partial charge in [-0.3, -0.25) is 18.7 Å². The Morgan fingerprint density at radius 3 is 1.23 bits per heavy atom. The topological polar surface area (TPSA) is 116 Å². The summed E-state index contributed by atoms with van der Waals surface area (Å²) in [7, 11) is 0. The van der Waals surface area contributed by atoms with Crippen LogP contribution in [-0.2, 0) is 46.7 Å². The lowest BCUT2D eigenvalue weighted by Crippen LogP contribution is -2.37. The number of ether oxygens (including phenoxy) is 5. The number of halogens is 4. The van der Waals surface area contributed by atoms with Gasteiger partial charge in [0.05, 0.1) is 35.4 Å². The fourth-order valence-electron chi connectivity index (χ4n) is 5.55. The highest BCUT2D eigenvalue weighted by Crippen LogP contribution is 2.39. The SMILES string of the molecule is Cc1nc(C(C)C)c(Sc2cc(Cl)cc(Cl)c2)n1COCCC(OC(=O)C(C)(C)C)OC(CCOCn1c(C)nc(C(C)C)c1Sc1cc(Cl)cc(Cl)c1)OC(=O)C(C)(C)C. The molecule has 0 bridgehead atoms. The summed E-state index contributed by atoms with van der Waals surface area (Å²) in [6, 6.07) is 10.8. The Balaban J connectivity index is 1.50. The summed E-state index contributed by atoms with van der Waals surface area (Å²) >= 11 is 28.3. The Labute approximate surface area is 389 Å². The lowest BCUT2D eigenvalue weighted by molar-refractivity contribution is -0.251. The molecule has 4 rings (SSSR count). The number of imidazole rings is 2. The van der Waals surface area contributed by atoms with Crippen LogP contribution in [0.15, 0.2) is 56.2 Å². The number of aryl methyl sites for hydroxylation is 2. The molecule has 2 aromatic carbocycles. The number of rotatable bonds is 20. The first-order valence-electron chi connectivity index (χ1n) is 20.1. The van der Waals surface area contributed by atoms with E-state index in [9.17, 15) is 9.59 Å². The van der Waals surface area contributed by atoms with Crippen LogP contribution in [0.3, 0.4) is 0 Å². The quantitative estimate of drug-likeness (QED) is 0.0479. The van der Waals surface area contributed by atoms with Crippen LogP contribution < -0.4 is 0 Å². The lowest BCUT2D eigenvalue weighted by Gasteiger charge is -2.29. The Kier molecular flexibility index (Phi) is 18.8. The minimum Gasteiger partial charge on any atom is -0.435 e. The van der Waals surface area contributed by atoms with E-state index in [1.165, 1.54) is 23.5 Å². The third-order valence-electron chi connectivity index (χ3n) is 8.91. The van der Waals surface area contributed by atoms with Crippen LogP contribution in [0.25, 0.3) is 0 Å². The van der Waals surface area contributed by atoms with Crippen LogP contribution in [-0.4, -0.2) is 56.8 Å². The van der Waals surface area contributed by atoms with Crippen LogP contribution in [0.4, 0.5) is 0 Å². The van der Waals surface area contributed by atoms with E-state index in [1.807, 2.05) is 47.2 Å². The first-order valence-corrected chi connectivity index (χ1v) is 23.2. The summed E-state index contributed by atoms with van der Waals surface area (Å²) in [6.45, 7) is 23.3. The van der Waals surface area contributed by atoms with Gasteiger partial charge < -0.3 is 23.7 Å². The van der Waals surface area contributed by atoms with Crippen molar-refractivity contribution < 1.29 is 33.3 Å². The standard InChI is InChI=1S/C44H58Cl4N4O7S2/c1-25(2)37-39(60-33-19-29(45)17-30(46)20-33)51(27(5)49-37)23-55-15-13-35(58-41(53)43(7,8)9)57-36(59-42(54)44(10,11)12)14-16-56-24-52-28(6)50-38(26(3)4)40(52)61-34-21-31(47)18-32(48)22-34/h17-22,25-26,35-36H,13-16,23-24H2,1-12H3. The number of esters is 2. The molecule has 2 unspecified atom stereocenters. The van der Waals surface area contributed by atoms with E-state index in [0.717, 1.165) is 42.9 Å². The summed E-state index contributed by atoms with van der Waals surface area (Å²) < 4.78 is 34.5. The highest BCUT2D eigenvalue weighted by atomic mass is 35.5. The molecule has 61 heavy (non-hydrogen) atoms. The van der Waals surface area contributed by atoms with Crippen molar-refractivity contribution in [2.24, 2.45) is 10.8 Å².